The SMILES string of the molecule is CCn1c(=O)sc2cc(S(=O)(=O)Nc3cccc4ccccc34)ccc21. The lowest BCUT2D eigenvalue weighted by atomic mass is 10.1. The van der Waals surface area contributed by atoms with Crippen molar-refractivity contribution in [3.8, 4) is 0 Å². The zero-order valence-electron chi connectivity index (χ0n) is 14.0. The van der Waals surface area contributed by atoms with Crippen LogP contribution in [-0.4, -0.2) is 13.0 Å². The lowest BCUT2D eigenvalue weighted by molar-refractivity contribution is 0.601. The van der Waals surface area contributed by atoms with Crippen LogP contribution in [0.3, 0.4) is 0 Å². The second-order valence-corrected chi connectivity index (χ2v) is 8.55. The molecule has 1 aromatic heterocycles. The van der Waals surface area contributed by atoms with Gasteiger partial charge in [-0.05, 0) is 36.6 Å². The number of thiazole rings is 1. The van der Waals surface area contributed by atoms with Crippen LogP contribution in [0, 0.1) is 0 Å². The van der Waals surface area contributed by atoms with Crippen molar-refractivity contribution in [2.45, 2.75) is 18.4 Å². The summed E-state index contributed by atoms with van der Waals surface area (Å²) in [5.74, 6) is 0. The van der Waals surface area contributed by atoms with Crippen molar-refractivity contribution < 1.29 is 8.42 Å². The van der Waals surface area contributed by atoms with Crippen LogP contribution in [0.4, 0.5) is 5.69 Å². The number of aryl methyl sites for hydroxylation is 1. The number of benzene rings is 3. The first-order chi connectivity index (χ1) is 12.5. The third-order valence-electron chi connectivity index (χ3n) is 4.30. The summed E-state index contributed by atoms with van der Waals surface area (Å²) in [5, 5.41) is 1.79. The van der Waals surface area contributed by atoms with Crippen LogP contribution in [-0.2, 0) is 16.6 Å². The zero-order chi connectivity index (χ0) is 18.3. The maximum atomic E-state index is 12.9. The Hall–Kier alpha value is -2.64. The molecule has 0 aliphatic carbocycles. The molecule has 0 bridgehead atoms. The van der Waals surface area contributed by atoms with Crippen molar-refractivity contribution in [2.24, 2.45) is 0 Å². The third-order valence-corrected chi connectivity index (χ3v) is 6.61. The van der Waals surface area contributed by atoms with Crippen molar-refractivity contribution in [3.63, 3.8) is 0 Å². The number of fused-ring (bicyclic) bond motifs is 2. The molecule has 26 heavy (non-hydrogen) atoms. The number of sulfonamides is 1. The fourth-order valence-corrected chi connectivity index (χ4v) is 5.21. The van der Waals surface area contributed by atoms with Crippen LogP contribution >= 0.6 is 11.3 Å². The Kier molecular flexibility index (Phi) is 4.05. The average molecular weight is 384 g/mol. The van der Waals surface area contributed by atoms with Gasteiger partial charge in [-0.25, -0.2) is 8.42 Å². The van der Waals surface area contributed by atoms with Crippen LogP contribution in [0.25, 0.3) is 21.0 Å². The van der Waals surface area contributed by atoms with E-state index in [-0.39, 0.29) is 9.77 Å². The van der Waals surface area contributed by atoms with Crippen LogP contribution in [0.5, 0.6) is 0 Å². The molecule has 1 heterocycles. The number of hydrogen-bond donors (Lipinski definition) is 1. The monoisotopic (exact) mass is 384 g/mol. The summed E-state index contributed by atoms with van der Waals surface area (Å²) in [5.41, 5.74) is 1.29. The topological polar surface area (TPSA) is 68.2 Å². The minimum atomic E-state index is -3.76. The van der Waals surface area contributed by atoms with Crippen molar-refractivity contribution in [2.75, 3.05) is 4.72 Å². The van der Waals surface area contributed by atoms with Gasteiger partial charge in [-0.1, -0.05) is 47.7 Å². The summed E-state index contributed by atoms with van der Waals surface area (Å²) in [6, 6.07) is 17.9. The Morgan fingerprint density at radius 1 is 1.04 bits per heavy atom. The number of rotatable bonds is 4. The molecule has 0 saturated heterocycles. The van der Waals surface area contributed by atoms with E-state index in [1.807, 2.05) is 43.3 Å². The molecule has 1 N–H and O–H groups in total. The number of hydrogen-bond acceptors (Lipinski definition) is 4. The molecule has 0 radical (unpaired) electrons. The van der Waals surface area contributed by atoms with E-state index in [0.717, 1.165) is 27.6 Å². The van der Waals surface area contributed by atoms with E-state index in [2.05, 4.69) is 4.72 Å². The summed E-state index contributed by atoms with van der Waals surface area (Å²) in [4.78, 5) is 12.0. The Balaban J connectivity index is 1.79. The van der Waals surface area contributed by atoms with Crippen LogP contribution in [0.2, 0.25) is 0 Å². The highest BCUT2D eigenvalue weighted by molar-refractivity contribution is 7.92. The Bertz CT molecular complexity index is 1280. The molecule has 4 rings (SSSR count). The van der Waals surface area contributed by atoms with Gasteiger partial charge in [-0.2, -0.15) is 0 Å². The van der Waals surface area contributed by atoms with E-state index in [0.29, 0.717) is 16.9 Å². The summed E-state index contributed by atoms with van der Waals surface area (Å²) < 4.78 is 30.7. The van der Waals surface area contributed by atoms with Crippen molar-refractivity contribution in [1.29, 1.82) is 0 Å². The maximum Gasteiger partial charge on any atom is 0.308 e. The molecular weight excluding hydrogens is 368 g/mol. The maximum absolute atomic E-state index is 12.9. The summed E-state index contributed by atoms with van der Waals surface area (Å²) in [6.07, 6.45) is 0. The van der Waals surface area contributed by atoms with Gasteiger partial charge in [0, 0.05) is 11.9 Å². The van der Waals surface area contributed by atoms with E-state index < -0.39 is 10.0 Å². The first kappa shape index (κ1) is 16.8. The largest absolute Gasteiger partial charge is 0.308 e. The highest BCUT2D eigenvalue weighted by Gasteiger charge is 2.17. The van der Waals surface area contributed by atoms with E-state index in [1.165, 1.54) is 6.07 Å². The highest BCUT2D eigenvalue weighted by Crippen LogP contribution is 2.27. The lowest BCUT2D eigenvalue weighted by Crippen LogP contribution is -2.13. The molecule has 0 aliphatic rings. The molecule has 0 fully saturated rings. The molecule has 4 aromatic rings. The minimum absolute atomic E-state index is 0.0842. The van der Waals surface area contributed by atoms with Crippen LogP contribution < -0.4 is 9.60 Å². The lowest BCUT2D eigenvalue weighted by Gasteiger charge is -2.11. The van der Waals surface area contributed by atoms with Gasteiger partial charge in [0.15, 0.2) is 0 Å². The molecule has 3 aromatic carbocycles. The van der Waals surface area contributed by atoms with E-state index in [4.69, 9.17) is 0 Å². The average Bonchev–Trinajstić information content (AvgIpc) is 2.96. The first-order valence-corrected chi connectivity index (χ1v) is 10.4. The van der Waals surface area contributed by atoms with Crippen LogP contribution in [0.15, 0.2) is 70.4 Å². The van der Waals surface area contributed by atoms with Gasteiger partial charge in [0.2, 0.25) is 0 Å². The fourth-order valence-electron chi connectivity index (χ4n) is 3.03. The molecule has 0 atom stereocenters. The minimum Gasteiger partial charge on any atom is -0.299 e. The van der Waals surface area contributed by atoms with E-state index >= 15 is 0 Å². The van der Waals surface area contributed by atoms with Gasteiger partial charge in [-0.3, -0.25) is 14.1 Å². The molecule has 132 valence electrons. The van der Waals surface area contributed by atoms with Gasteiger partial charge in [0.25, 0.3) is 10.0 Å². The second kappa shape index (κ2) is 6.26. The molecule has 0 spiro atoms. The molecular formula is C19H16N2O3S2. The standard InChI is InChI=1S/C19H16N2O3S2/c1-2-21-17-11-10-14(12-18(17)25-19(21)22)26(23,24)20-16-9-5-7-13-6-3-4-8-15(13)16/h3-12,20H,2H2,1H3. The molecule has 0 aliphatic heterocycles. The summed E-state index contributed by atoms with van der Waals surface area (Å²) in [6.45, 7) is 2.44. The normalized spacial score (nSPS) is 11.9. The summed E-state index contributed by atoms with van der Waals surface area (Å²) in [7, 11) is -3.76. The van der Waals surface area contributed by atoms with Crippen LogP contribution in [0.1, 0.15) is 6.92 Å². The van der Waals surface area contributed by atoms with Gasteiger partial charge in [0.1, 0.15) is 0 Å². The van der Waals surface area contributed by atoms with Crippen molar-refractivity contribution in [3.05, 3.63) is 70.3 Å². The van der Waals surface area contributed by atoms with Gasteiger partial charge < -0.3 is 0 Å². The molecule has 0 amide bonds. The zero-order valence-corrected chi connectivity index (χ0v) is 15.6. The van der Waals surface area contributed by atoms with Gasteiger partial charge >= 0.3 is 4.87 Å². The first-order valence-electron chi connectivity index (χ1n) is 8.13. The van der Waals surface area contributed by atoms with Gasteiger partial charge in [0.05, 0.1) is 20.8 Å². The summed E-state index contributed by atoms with van der Waals surface area (Å²) >= 11 is 1.06. The second-order valence-electron chi connectivity index (χ2n) is 5.87. The molecule has 5 nitrogen and oxygen atoms in total. The predicted octanol–water partition coefficient (Wildman–Crippen LogP) is 4.04. The van der Waals surface area contributed by atoms with Gasteiger partial charge in [-0.15, -0.1) is 0 Å². The van der Waals surface area contributed by atoms with Crippen molar-refractivity contribution >= 4 is 48.0 Å². The van der Waals surface area contributed by atoms with E-state index in [9.17, 15) is 13.2 Å². The number of aromatic nitrogens is 1. The smallest absolute Gasteiger partial charge is 0.299 e. The Morgan fingerprint density at radius 2 is 1.81 bits per heavy atom. The number of anilines is 1. The number of nitrogens with one attached hydrogen (secondary N) is 1. The molecule has 0 unspecified atom stereocenters. The quantitative estimate of drug-likeness (QED) is 0.577. The molecule has 7 heteroatoms. The fraction of sp³-hybridized carbons (Fsp3) is 0.105. The Morgan fingerprint density at radius 3 is 2.62 bits per heavy atom. The number of nitrogens with zero attached hydrogens (tertiary/aromatic N) is 1. The van der Waals surface area contributed by atoms with Crippen molar-refractivity contribution in [1.82, 2.24) is 4.57 Å². The predicted molar refractivity (Wildman–Crippen MR) is 107 cm³/mol. The Labute approximate surface area is 154 Å². The third kappa shape index (κ3) is 2.79. The van der Waals surface area contributed by atoms with E-state index in [1.54, 1.807) is 22.8 Å². The highest BCUT2D eigenvalue weighted by atomic mass is 32.2. The molecule has 0 saturated carbocycles.